The van der Waals surface area contributed by atoms with Gasteiger partial charge in [-0.05, 0) is 42.3 Å². The Morgan fingerprint density at radius 2 is 1.86 bits per heavy atom. The van der Waals surface area contributed by atoms with Crippen LogP contribution in [0.4, 0.5) is 4.79 Å². The second kappa shape index (κ2) is 8.02. The fourth-order valence-electron chi connectivity index (χ4n) is 1.65. The molecule has 5 nitrogen and oxygen atoms in total. The minimum atomic E-state index is -0.792. The highest BCUT2D eigenvalue weighted by molar-refractivity contribution is 9.09. The molecule has 21 heavy (non-hydrogen) atoms. The van der Waals surface area contributed by atoms with Crippen LogP contribution in [0.3, 0.4) is 0 Å². The van der Waals surface area contributed by atoms with Crippen LogP contribution < -0.4 is 5.32 Å². The first-order valence-electron chi connectivity index (χ1n) is 6.58. The molecule has 0 unspecified atom stereocenters. The number of halogens is 1. The summed E-state index contributed by atoms with van der Waals surface area (Å²) in [5.74, 6) is -0.512. The van der Waals surface area contributed by atoms with Crippen LogP contribution >= 0.6 is 15.9 Å². The zero-order valence-corrected chi connectivity index (χ0v) is 14.0. The van der Waals surface area contributed by atoms with Gasteiger partial charge in [0.2, 0.25) is 0 Å². The zero-order chi connectivity index (χ0) is 15.9. The van der Waals surface area contributed by atoms with Crippen molar-refractivity contribution < 1.29 is 19.1 Å². The Morgan fingerprint density at radius 3 is 2.38 bits per heavy atom. The minimum absolute atomic E-state index is 0.0765. The summed E-state index contributed by atoms with van der Waals surface area (Å²) in [6, 6.07) is 8.60. The number of benzene rings is 1. The van der Waals surface area contributed by atoms with Crippen molar-refractivity contribution in [3.05, 3.63) is 35.9 Å². The molecule has 0 aromatic heterocycles. The maximum absolute atomic E-state index is 11.9. The van der Waals surface area contributed by atoms with E-state index in [0.29, 0.717) is 6.42 Å². The van der Waals surface area contributed by atoms with E-state index in [1.54, 1.807) is 20.8 Å². The molecular weight excluding hydrogens is 338 g/mol. The number of carbonyl (C=O) groups is 2. The molecule has 1 aromatic rings. The monoisotopic (exact) mass is 357 g/mol. The zero-order valence-electron chi connectivity index (χ0n) is 12.4. The number of hydrogen-bond acceptors (Lipinski definition) is 4. The van der Waals surface area contributed by atoms with Crippen LogP contribution in [-0.4, -0.2) is 29.2 Å². The van der Waals surface area contributed by atoms with Crippen LogP contribution in [-0.2, 0) is 20.7 Å². The number of carbonyl (C=O) groups excluding carboxylic acids is 2. The summed E-state index contributed by atoms with van der Waals surface area (Å²) < 4.78 is 10.1. The van der Waals surface area contributed by atoms with Gasteiger partial charge in [-0.2, -0.15) is 0 Å². The van der Waals surface area contributed by atoms with Crippen LogP contribution in [0.1, 0.15) is 26.3 Å². The first-order valence-corrected chi connectivity index (χ1v) is 7.70. The highest BCUT2D eigenvalue weighted by Crippen LogP contribution is 2.09. The molecule has 1 amide bonds. The molecular formula is C15H20BrNO4. The Balaban J connectivity index is 2.73. The summed E-state index contributed by atoms with van der Waals surface area (Å²) in [6.45, 7) is 5.28. The maximum atomic E-state index is 11.9. The van der Waals surface area contributed by atoms with Crippen LogP contribution in [0.2, 0.25) is 0 Å². The molecule has 6 heteroatoms. The molecule has 0 radical (unpaired) electrons. The van der Waals surface area contributed by atoms with Crippen LogP contribution in [0, 0.1) is 0 Å². The van der Waals surface area contributed by atoms with Crippen LogP contribution in [0.25, 0.3) is 0 Å². The third-order valence-electron chi connectivity index (χ3n) is 2.45. The first-order chi connectivity index (χ1) is 9.81. The summed E-state index contributed by atoms with van der Waals surface area (Å²) >= 11 is 3.03. The summed E-state index contributed by atoms with van der Waals surface area (Å²) in [5, 5.41) is 2.55. The number of hydrogen-bond donors (Lipinski definition) is 1. The molecule has 1 aromatic carbocycles. The van der Waals surface area contributed by atoms with Gasteiger partial charge in [0.05, 0.1) is 0 Å². The molecule has 0 fully saturated rings. The quantitative estimate of drug-likeness (QED) is 0.649. The fourth-order valence-corrected chi connectivity index (χ4v) is 1.87. The van der Waals surface area contributed by atoms with E-state index in [4.69, 9.17) is 9.47 Å². The van der Waals surface area contributed by atoms with Gasteiger partial charge in [-0.3, -0.25) is 0 Å². The molecule has 0 aliphatic rings. The third-order valence-corrected chi connectivity index (χ3v) is 2.68. The number of alkyl halides is 1. The molecule has 0 spiro atoms. The van der Waals surface area contributed by atoms with E-state index in [-0.39, 0.29) is 5.52 Å². The van der Waals surface area contributed by atoms with Crippen molar-refractivity contribution >= 4 is 28.0 Å². The highest BCUT2D eigenvalue weighted by Gasteiger charge is 2.25. The lowest BCUT2D eigenvalue weighted by Crippen LogP contribution is -2.45. The average molecular weight is 358 g/mol. The van der Waals surface area contributed by atoms with Crippen molar-refractivity contribution in [2.24, 2.45) is 0 Å². The second-order valence-electron chi connectivity index (χ2n) is 5.46. The number of amides is 1. The van der Waals surface area contributed by atoms with E-state index in [0.717, 1.165) is 5.56 Å². The number of alkyl carbamates (subject to hydrolysis) is 1. The molecule has 0 saturated carbocycles. The van der Waals surface area contributed by atoms with E-state index in [1.165, 1.54) is 0 Å². The first kappa shape index (κ1) is 17.5. The summed E-state index contributed by atoms with van der Waals surface area (Å²) in [5.41, 5.74) is 0.374. The van der Waals surface area contributed by atoms with Gasteiger partial charge in [0.1, 0.15) is 17.2 Å². The topological polar surface area (TPSA) is 64.6 Å². The van der Waals surface area contributed by atoms with E-state index in [1.807, 2.05) is 30.3 Å². The van der Waals surface area contributed by atoms with Crippen LogP contribution in [0.15, 0.2) is 30.3 Å². The van der Waals surface area contributed by atoms with Crippen molar-refractivity contribution in [2.75, 3.05) is 5.52 Å². The SMILES string of the molecule is CC(C)(C)OC(=O)N[C@@H](Cc1ccccc1)C(=O)OCBr. The lowest BCUT2D eigenvalue weighted by Gasteiger charge is -2.22. The molecule has 1 rings (SSSR count). The number of nitrogens with one attached hydrogen (secondary N) is 1. The highest BCUT2D eigenvalue weighted by atomic mass is 79.9. The van der Waals surface area contributed by atoms with E-state index in [2.05, 4.69) is 21.2 Å². The predicted molar refractivity (Wildman–Crippen MR) is 83.2 cm³/mol. The van der Waals surface area contributed by atoms with Gasteiger partial charge in [0.25, 0.3) is 0 Å². The van der Waals surface area contributed by atoms with Gasteiger partial charge in [-0.15, -0.1) is 0 Å². The average Bonchev–Trinajstić information content (AvgIpc) is 2.37. The third kappa shape index (κ3) is 7.13. The number of esters is 1. The summed E-state index contributed by atoms with van der Waals surface area (Å²) in [7, 11) is 0. The predicted octanol–water partition coefficient (Wildman–Crippen LogP) is 3.02. The molecule has 116 valence electrons. The summed E-state index contributed by atoms with van der Waals surface area (Å²) in [4.78, 5) is 23.7. The second-order valence-corrected chi connectivity index (χ2v) is 5.92. The Kier molecular flexibility index (Phi) is 6.68. The van der Waals surface area contributed by atoms with Crippen molar-refractivity contribution in [2.45, 2.75) is 38.8 Å². The Morgan fingerprint density at radius 1 is 1.24 bits per heavy atom. The summed E-state index contributed by atoms with van der Waals surface area (Å²) in [6.07, 6.45) is -0.304. The standard InChI is InChI=1S/C15H20BrNO4/c1-15(2,3)21-14(19)17-12(13(18)20-10-16)9-11-7-5-4-6-8-11/h4-8,12H,9-10H2,1-3H3,(H,17,19)/t12-/m0/s1. The van der Waals surface area contributed by atoms with Crippen molar-refractivity contribution in [1.82, 2.24) is 5.32 Å². The lowest BCUT2D eigenvalue weighted by molar-refractivity contribution is -0.143. The lowest BCUT2D eigenvalue weighted by atomic mass is 10.1. The Hall–Kier alpha value is -1.56. The van der Waals surface area contributed by atoms with Gasteiger partial charge in [0.15, 0.2) is 0 Å². The molecule has 0 aliphatic carbocycles. The number of ether oxygens (including phenoxy) is 2. The normalized spacial score (nSPS) is 12.4. The maximum Gasteiger partial charge on any atom is 0.408 e. The van der Waals surface area contributed by atoms with Gasteiger partial charge in [0, 0.05) is 6.42 Å². The molecule has 0 saturated heterocycles. The molecule has 1 atom stereocenters. The molecule has 0 aliphatic heterocycles. The van der Waals surface area contributed by atoms with Gasteiger partial charge < -0.3 is 14.8 Å². The fraction of sp³-hybridized carbons (Fsp3) is 0.467. The van der Waals surface area contributed by atoms with E-state index >= 15 is 0 Å². The number of rotatable bonds is 5. The largest absolute Gasteiger partial charge is 0.453 e. The van der Waals surface area contributed by atoms with E-state index < -0.39 is 23.7 Å². The molecule has 1 N–H and O–H groups in total. The van der Waals surface area contributed by atoms with Crippen molar-refractivity contribution in [3.63, 3.8) is 0 Å². The smallest absolute Gasteiger partial charge is 0.408 e. The molecule has 0 heterocycles. The van der Waals surface area contributed by atoms with Gasteiger partial charge in [-0.25, -0.2) is 9.59 Å². The Labute approximate surface area is 133 Å². The minimum Gasteiger partial charge on any atom is -0.453 e. The van der Waals surface area contributed by atoms with Crippen molar-refractivity contribution in [1.29, 1.82) is 0 Å². The van der Waals surface area contributed by atoms with Crippen molar-refractivity contribution in [3.8, 4) is 0 Å². The molecule has 0 bridgehead atoms. The van der Waals surface area contributed by atoms with Gasteiger partial charge in [-0.1, -0.05) is 30.3 Å². The van der Waals surface area contributed by atoms with E-state index in [9.17, 15) is 9.59 Å². The van der Waals surface area contributed by atoms with Crippen LogP contribution in [0.5, 0.6) is 0 Å². The Bertz CT molecular complexity index is 470. The van der Waals surface area contributed by atoms with Gasteiger partial charge >= 0.3 is 12.1 Å².